The number of fused-ring (bicyclic) bond motifs is 1. The molecule has 0 bridgehead atoms. The summed E-state index contributed by atoms with van der Waals surface area (Å²) >= 11 is 12.0. The van der Waals surface area contributed by atoms with E-state index >= 15 is 0 Å². The molecule has 3 rings (SSSR count). The van der Waals surface area contributed by atoms with Gasteiger partial charge in [0.25, 0.3) is 5.69 Å². The summed E-state index contributed by atoms with van der Waals surface area (Å²) in [5, 5.41) is 13.9. The van der Waals surface area contributed by atoms with Gasteiger partial charge in [0, 0.05) is 30.7 Å². The first-order valence-electron chi connectivity index (χ1n) is 7.96. The lowest BCUT2D eigenvalue weighted by molar-refractivity contribution is -0.384. The molecule has 9 heteroatoms. The molecule has 0 fully saturated rings. The predicted octanol–water partition coefficient (Wildman–Crippen LogP) is 4.71. The zero-order chi connectivity index (χ0) is 19.4. The molecular formula is C18H14Cl2N2O5. The maximum atomic E-state index is 12.2. The molecule has 2 aromatic rings. The lowest BCUT2D eigenvalue weighted by Gasteiger charge is -2.11. The number of nitrogens with zero attached hydrogens (tertiary/aromatic N) is 1. The molecule has 0 saturated heterocycles. The number of benzene rings is 2. The smallest absolute Gasteiger partial charge is 0.288 e. The molecule has 1 N–H and O–H groups in total. The molecule has 7 nitrogen and oxygen atoms in total. The van der Waals surface area contributed by atoms with Crippen LogP contribution in [0.5, 0.6) is 11.5 Å². The summed E-state index contributed by atoms with van der Waals surface area (Å²) in [6.07, 6.45) is 3.44. The zero-order valence-electron chi connectivity index (χ0n) is 13.9. The number of nitrogens with one attached hydrogen (secondary N) is 1. The molecule has 2 aromatic carbocycles. The SMILES string of the molecule is O=C(/C=C/c1ccc(Cl)c([N+](=O)[O-])c1)Nc1cc2c(cc1Cl)OCCCO2. The number of rotatable bonds is 4. The molecule has 0 saturated carbocycles. The van der Waals surface area contributed by atoms with Gasteiger partial charge in [0.05, 0.1) is 28.8 Å². The van der Waals surface area contributed by atoms with Crippen molar-refractivity contribution in [1.29, 1.82) is 0 Å². The summed E-state index contributed by atoms with van der Waals surface area (Å²) < 4.78 is 11.1. The Balaban J connectivity index is 1.74. The third-order valence-electron chi connectivity index (χ3n) is 3.69. The quantitative estimate of drug-likeness (QED) is 0.449. The number of anilines is 1. The highest BCUT2D eigenvalue weighted by molar-refractivity contribution is 6.34. The van der Waals surface area contributed by atoms with Crippen molar-refractivity contribution in [3.05, 3.63) is 62.1 Å². The molecule has 1 heterocycles. The van der Waals surface area contributed by atoms with Crippen LogP contribution in [0.3, 0.4) is 0 Å². The van der Waals surface area contributed by atoms with Crippen molar-refractivity contribution in [3.63, 3.8) is 0 Å². The lowest BCUT2D eigenvalue weighted by Crippen LogP contribution is -2.08. The van der Waals surface area contributed by atoms with E-state index in [1.54, 1.807) is 18.2 Å². The summed E-state index contributed by atoms with van der Waals surface area (Å²) in [6, 6.07) is 7.44. The minimum Gasteiger partial charge on any atom is -0.490 e. The molecule has 1 amide bonds. The van der Waals surface area contributed by atoms with E-state index in [1.807, 2.05) is 0 Å². The van der Waals surface area contributed by atoms with Gasteiger partial charge in [-0.3, -0.25) is 14.9 Å². The Hall–Kier alpha value is -2.77. The van der Waals surface area contributed by atoms with Crippen molar-refractivity contribution in [2.24, 2.45) is 0 Å². The first-order valence-corrected chi connectivity index (χ1v) is 8.72. The molecule has 0 aliphatic carbocycles. The topological polar surface area (TPSA) is 90.7 Å². The minimum absolute atomic E-state index is 0.0283. The predicted molar refractivity (Wildman–Crippen MR) is 103 cm³/mol. The van der Waals surface area contributed by atoms with Crippen molar-refractivity contribution in [2.45, 2.75) is 6.42 Å². The number of carbonyl (C=O) groups is 1. The van der Waals surface area contributed by atoms with Crippen molar-refractivity contribution in [2.75, 3.05) is 18.5 Å². The molecule has 1 aliphatic rings. The standard InChI is InChI=1S/C18H14Cl2N2O5/c19-12-4-2-11(8-15(12)22(24)25)3-5-18(23)21-14-10-17-16(9-13(14)20)26-6-1-7-27-17/h2-5,8-10H,1,6-7H2,(H,21,23)/b5-3+. The highest BCUT2D eigenvalue weighted by Crippen LogP contribution is 2.37. The van der Waals surface area contributed by atoms with Gasteiger partial charge in [-0.2, -0.15) is 0 Å². The Morgan fingerprint density at radius 2 is 1.81 bits per heavy atom. The van der Waals surface area contributed by atoms with Gasteiger partial charge in [-0.1, -0.05) is 29.3 Å². The normalized spacial score (nSPS) is 13.3. The number of ether oxygens (including phenoxy) is 2. The van der Waals surface area contributed by atoms with Gasteiger partial charge in [-0.25, -0.2) is 0 Å². The molecule has 0 radical (unpaired) electrons. The van der Waals surface area contributed by atoms with E-state index in [4.69, 9.17) is 32.7 Å². The molecule has 0 spiro atoms. The fraction of sp³-hybridized carbons (Fsp3) is 0.167. The molecule has 0 atom stereocenters. The highest BCUT2D eigenvalue weighted by Gasteiger charge is 2.15. The largest absolute Gasteiger partial charge is 0.490 e. The first kappa shape index (κ1) is 19.0. The zero-order valence-corrected chi connectivity index (χ0v) is 15.4. The van der Waals surface area contributed by atoms with Crippen LogP contribution in [0, 0.1) is 10.1 Å². The first-order chi connectivity index (χ1) is 12.9. The van der Waals surface area contributed by atoms with Crippen LogP contribution in [-0.2, 0) is 4.79 Å². The van der Waals surface area contributed by atoms with Crippen LogP contribution in [0.15, 0.2) is 36.4 Å². The van der Waals surface area contributed by atoms with Crippen LogP contribution < -0.4 is 14.8 Å². The molecule has 0 unspecified atom stereocenters. The third kappa shape index (κ3) is 4.69. The fourth-order valence-electron chi connectivity index (χ4n) is 2.40. The lowest BCUT2D eigenvalue weighted by atomic mass is 10.2. The average Bonchev–Trinajstić information content (AvgIpc) is 2.86. The fourth-order valence-corrected chi connectivity index (χ4v) is 2.79. The Morgan fingerprint density at radius 3 is 2.52 bits per heavy atom. The monoisotopic (exact) mass is 408 g/mol. The van der Waals surface area contributed by atoms with Gasteiger partial charge in [-0.15, -0.1) is 0 Å². The highest BCUT2D eigenvalue weighted by atomic mass is 35.5. The summed E-state index contributed by atoms with van der Waals surface area (Å²) in [5.41, 5.74) is 0.605. The molecule has 1 aliphatic heterocycles. The molecular weight excluding hydrogens is 395 g/mol. The van der Waals surface area contributed by atoms with Crippen LogP contribution in [0.25, 0.3) is 6.08 Å². The van der Waals surface area contributed by atoms with Crippen LogP contribution in [0.2, 0.25) is 10.0 Å². The van der Waals surface area contributed by atoms with E-state index in [-0.39, 0.29) is 10.7 Å². The Labute approximate surface area is 164 Å². The second-order valence-corrected chi connectivity index (χ2v) is 6.43. The molecule has 0 aromatic heterocycles. The number of halogens is 2. The molecule has 27 heavy (non-hydrogen) atoms. The van der Waals surface area contributed by atoms with Gasteiger partial charge in [-0.05, 0) is 17.7 Å². The van der Waals surface area contributed by atoms with E-state index in [0.29, 0.717) is 41.0 Å². The van der Waals surface area contributed by atoms with Crippen LogP contribution in [-0.4, -0.2) is 24.0 Å². The summed E-state index contributed by atoms with van der Waals surface area (Å²) in [5.74, 6) is 0.577. The van der Waals surface area contributed by atoms with Gasteiger partial charge < -0.3 is 14.8 Å². The summed E-state index contributed by atoms with van der Waals surface area (Å²) in [4.78, 5) is 22.5. The van der Waals surface area contributed by atoms with E-state index in [2.05, 4.69) is 5.32 Å². The second-order valence-electron chi connectivity index (χ2n) is 5.62. The van der Waals surface area contributed by atoms with Crippen LogP contribution in [0.4, 0.5) is 11.4 Å². The Kier molecular flexibility index (Phi) is 5.83. The van der Waals surface area contributed by atoms with Gasteiger partial charge in [0.15, 0.2) is 11.5 Å². The number of hydrogen-bond acceptors (Lipinski definition) is 5. The van der Waals surface area contributed by atoms with Gasteiger partial charge >= 0.3 is 0 Å². The van der Waals surface area contributed by atoms with Crippen molar-refractivity contribution >= 4 is 46.6 Å². The summed E-state index contributed by atoms with van der Waals surface area (Å²) in [7, 11) is 0. The maximum absolute atomic E-state index is 12.2. The average molecular weight is 409 g/mol. The number of amides is 1. The number of hydrogen-bond donors (Lipinski definition) is 1. The summed E-state index contributed by atoms with van der Waals surface area (Å²) in [6.45, 7) is 1.04. The molecule has 140 valence electrons. The van der Waals surface area contributed by atoms with Crippen molar-refractivity contribution in [1.82, 2.24) is 0 Å². The maximum Gasteiger partial charge on any atom is 0.288 e. The van der Waals surface area contributed by atoms with Crippen LogP contribution in [0.1, 0.15) is 12.0 Å². The van der Waals surface area contributed by atoms with E-state index in [1.165, 1.54) is 24.3 Å². The second kappa shape index (κ2) is 8.28. The Morgan fingerprint density at radius 1 is 1.11 bits per heavy atom. The number of nitro groups is 1. The third-order valence-corrected chi connectivity index (χ3v) is 4.32. The van der Waals surface area contributed by atoms with Crippen LogP contribution >= 0.6 is 23.2 Å². The van der Waals surface area contributed by atoms with Gasteiger partial charge in [0.2, 0.25) is 5.91 Å². The Bertz CT molecular complexity index is 930. The van der Waals surface area contributed by atoms with E-state index in [9.17, 15) is 14.9 Å². The van der Waals surface area contributed by atoms with E-state index < -0.39 is 10.8 Å². The number of nitro benzene ring substituents is 1. The minimum atomic E-state index is -0.586. The number of carbonyl (C=O) groups excluding carboxylic acids is 1. The van der Waals surface area contributed by atoms with E-state index in [0.717, 1.165) is 6.42 Å². The van der Waals surface area contributed by atoms with Gasteiger partial charge in [0.1, 0.15) is 5.02 Å². The van der Waals surface area contributed by atoms with Crippen molar-refractivity contribution < 1.29 is 19.2 Å². The van der Waals surface area contributed by atoms with Crippen molar-refractivity contribution in [3.8, 4) is 11.5 Å².